The second kappa shape index (κ2) is 5.38. The fraction of sp³-hybridized carbons (Fsp3) is 0.500. The highest BCUT2D eigenvalue weighted by molar-refractivity contribution is 6.30. The quantitative estimate of drug-likeness (QED) is 0.839. The molecule has 0 saturated heterocycles. The molecule has 0 aliphatic heterocycles. The van der Waals surface area contributed by atoms with Crippen LogP contribution in [0.4, 0.5) is 0 Å². The molecule has 0 saturated carbocycles. The molecular formula is C12H18ClNO. The second-order valence-electron chi connectivity index (χ2n) is 4.42. The van der Waals surface area contributed by atoms with Gasteiger partial charge < -0.3 is 10.5 Å². The monoisotopic (exact) mass is 227 g/mol. The summed E-state index contributed by atoms with van der Waals surface area (Å²) in [7, 11) is 0. The first-order valence-corrected chi connectivity index (χ1v) is 5.50. The van der Waals surface area contributed by atoms with E-state index < -0.39 is 0 Å². The first kappa shape index (κ1) is 12.3. The summed E-state index contributed by atoms with van der Waals surface area (Å²) in [5.41, 5.74) is 5.78. The van der Waals surface area contributed by atoms with Crippen LogP contribution in [0.2, 0.25) is 5.02 Å². The third-order valence-electron chi connectivity index (χ3n) is 2.41. The van der Waals surface area contributed by atoms with Gasteiger partial charge in [-0.25, -0.2) is 0 Å². The van der Waals surface area contributed by atoms with Gasteiger partial charge in [-0.15, -0.1) is 0 Å². The molecular weight excluding hydrogens is 210 g/mol. The van der Waals surface area contributed by atoms with Crippen LogP contribution in [0.1, 0.15) is 20.3 Å². The largest absolute Gasteiger partial charge is 0.494 e. The normalized spacial score (nSPS) is 11.5. The summed E-state index contributed by atoms with van der Waals surface area (Å²) < 4.78 is 5.58. The van der Waals surface area contributed by atoms with Gasteiger partial charge in [0.25, 0.3) is 0 Å². The van der Waals surface area contributed by atoms with Crippen molar-refractivity contribution in [3.63, 3.8) is 0 Å². The van der Waals surface area contributed by atoms with E-state index in [0.717, 1.165) is 17.2 Å². The van der Waals surface area contributed by atoms with Crippen LogP contribution >= 0.6 is 11.6 Å². The van der Waals surface area contributed by atoms with Crippen LogP contribution in [0, 0.1) is 5.41 Å². The zero-order valence-corrected chi connectivity index (χ0v) is 10.1. The number of hydrogen-bond donors (Lipinski definition) is 1. The van der Waals surface area contributed by atoms with E-state index in [1.165, 1.54) is 0 Å². The van der Waals surface area contributed by atoms with E-state index in [9.17, 15) is 0 Å². The zero-order chi connectivity index (χ0) is 11.3. The zero-order valence-electron chi connectivity index (χ0n) is 9.29. The number of halogens is 1. The number of nitrogens with two attached hydrogens (primary N) is 1. The molecule has 1 aromatic carbocycles. The number of rotatable bonds is 5. The molecule has 0 unspecified atom stereocenters. The maximum atomic E-state index is 5.77. The highest BCUT2D eigenvalue weighted by Gasteiger charge is 2.14. The lowest BCUT2D eigenvalue weighted by Gasteiger charge is -2.21. The van der Waals surface area contributed by atoms with E-state index in [2.05, 4.69) is 13.8 Å². The van der Waals surface area contributed by atoms with E-state index in [4.69, 9.17) is 22.1 Å². The molecule has 0 fully saturated rings. The lowest BCUT2D eigenvalue weighted by molar-refractivity contribution is 0.233. The van der Waals surface area contributed by atoms with Gasteiger partial charge in [0.05, 0.1) is 6.61 Å². The van der Waals surface area contributed by atoms with Gasteiger partial charge in [-0.05, 0) is 42.6 Å². The maximum absolute atomic E-state index is 5.77. The van der Waals surface area contributed by atoms with Gasteiger partial charge in [0.1, 0.15) is 5.75 Å². The predicted molar refractivity (Wildman–Crippen MR) is 64.4 cm³/mol. The van der Waals surface area contributed by atoms with Gasteiger partial charge in [0, 0.05) is 5.02 Å². The third kappa shape index (κ3) is 4.54. The average molecular weight is 228 g/mol. The van der Waals surface area contributed by atoms with E-state index in [1.807, 2.05) is 24.3 Å². The van der Waals surface area contributed by atoms with Crippen molar-refractivity contribution in [1.82, 2.24) is 0 Å². The van der Waals surface area contributed by atoms with Gasteiger partial charge in [-0.2, -0.15) is 0 Å². The molecule has 0 amide bonds. The fourth-order valence-electron chi connectivity index (χ4n) is 1.08. The molecule has 1 aromatic rings. The minimum Gasteiger partial charge on any atom is -0.494 e. The summed E-state index contributed by atoms with van der Waals surface area (Å²) >= 11 is 5.77. The fourth-order valence-corrected chi connectivity index (χ4v) is 1.20. The Kier molecular flexibility index (Phi) is 4.43. The van der Waals surface area contributed by atoms with Crippen LogP contribution in [-0.4, -0.2) is 13.2 Å². The Bertz CT molecular complexity index is 295. The molecule has 15 heavy (non-hydrogen) atoms. The molecule has 2 nitrogen and oxygen atoms in total. The maximum Gasteiger partial charge on any atom is 0.119 e. The molecule has 0 aromatic heterocycles. The van der Waals surface area contributed by atoms with Crippen molar-refractivity contribution in [3.05, 3.63) is 29.3 Å². The molecule has 0 bridgehead atoms. The topological polar surface area (TPSA) is 35.2 Å². The smallest absolute Gasteiger partial charge is 0.119 e. The van der Waals surface area contributed by atoms with Crippen molar-refractivity contribution < 1.29 is 4.74 Å². The molecule has 0 spiro atoms. The second-order valence-corrected chi connectivity index (χ2v) is 4.86. The van der Waals surface area contributed by atoms with Crippen LogP contribution in [0.25, 0.3) is 0 Å². The molecule has 0 aliphatic carbocycles. The summed E-state index contributed by atoms with van der Waals surface area (Å²) in [6.07, 6.45) is 0.951. The first-order valence-electron chi connectivity index (χ1n) is 5.12. The van der Waals surface area contributed by atoms with E-state index >= 15 is 0 Å². The SMILES string of the molecule is CC(C)(CN)CCOc1ccc(Cl)cc1. The molecule has 2 N–H and O–H groups in total. The lowest BCUT2D eigenvalue weighted by Crippen LogP contribution is -2.25. The number of hydrogen-bond acceptors (Lipinski definition) is 2. The minimum atomic E-state index is 0.145. The highest BCUT2D eigenvalue weighted by atomic mass is 35.5. The number of ether oxygens (including phenoxy) is 1. The minimum absolute atomic E-state index is 0.145. The van der Waals surface area contributed by atoms with Gasteiger partial charge in [-0.3, -0.25) is 0 Å². The van der Waals surface area contributed by atoms with Crippen molar-refractivity contribution in [3.8, 4) is 5.75 Å². The van der Waals surface area contributed by atoms with Gasteiger partial charge >= 0.3 is 0 Å². The summed E-state index contributed by atoms with van der Waals surface area (Å²) in [6, 6.07) is 7.39. The summed E-state index contributed by atoms with van der Waals surface area (Å²) in [5, 5.41) is 0.727. The standard InChI is InChI=1S/C12H18ClNO/c1-12(2,9-14)7-8-15-11-5-3-10(13)4-6-11/h3-6H,7-9,14H2,1-2H3. The lowest BCUT2D eigenvalue weighted by atomic mass is 9.90. The molecule has 0 radical (unpaired) electrons. The highest BCUT2D eigenvalue weighted by Crippen LogP contribution is 2.20. The molecule has 84 valence electrons. The van der Waals surface area contributed by atoms with Crippen LogP contribution in [0.3, 0.4) is 0 Å². The van der Waals surface area contributed by atoms with Crippen molar-refractivity contribution >= 4 is 11.6 Å². The molecule has 0 atom stereocenters. The van der Waals surface area contributed by atoms with Crippen LogP contribution in [0.15, 0.2) is 24.3 Å². The van der Waals surface area contributed by atoms with Gasteiger partial charge in [0.15, 0.2) is 0 Å². The molecule has 0 heterocycles. The summed E-state index contributed by atoms with van der Waals surface area (Å²) in [4.78, 5) is 0. The number of benzene rings is 1. The van der Waals surface area contributed by atoms with Crippen molar-refractivity contribution in [2.24, 2.45) is 11.1 Å². The Morgan fingerprint density at radius 1 is 1.27 bits per heavy atom. The summed E-state index contributed by atoms with van der Waals surface area (Å²) in [6.45, 7) is 5.64. The molecule has 0 aliphatic rings. The Morgan fingerprint density at radius 2 is 1.87 bits per heavy atom. The van der Waals surface area contributed by atoms with Crippen LogP contribution < -0.4 is 10.5 Å². The Morgan fingerprint density at radius 3 is 2.40 bits per heavy atom. The van der Waals surface area contributed by atoms with Gasteiger partial charge in [0.2, 0.25) is 0 Å². The van der Waals surface area contributed by atoms with Crippen LogP contribution in [0.5, 0.6) is 5.75 Å². The Hall–Kier alpha value is -0.730. The van der Waals surface area contributed by atoms with Crippen molar-refractivity contribution in [1.29, 1.82) is 0 Å². The van der Waals surface area contributed by atoms with Crippen molar-refractivity contribution in [2.75, 3.05) is 13.2 Å². The van der Waals surface area contributed by atoms with E-state index in [1.54, 1.807) is 0 Å². The predicted octanol–water partition coefficient (Wildman–Crippen LogP) is 3.09. The Balaban J connectivity index is 2.35. The molecule has 3 heteroatoms. The third-order valence-corrected chi connectivity index (χ3v) is 2.67. The van der Waals surface area contributed by atoms with Gasteiger partial charge in [-0.1, -0.05) is 25.4 Å². The Labute approximate surface area is 96.4 Å². The van der Waals surface area contributed by atoms with E-state index in [-0.39, 0.29) is 5.41 Å². The van der Waals surface area contributed by atoms with E-state index in [0.29, 0.717) is 13.2 Å². The average Bonchev–Trinajstić information content (AvgIpc) is 2.21. The van der Waals surface area contributed by atoms with Crippen LogP contribution in [-0.2, 0) is 0 Å². The summed E-state index contributed by atoms with van der Waals surface area (Å²) in [5.74, 6) is 0.854. The van der Waals surface area contributed by atoms with Crippen molar-refractivity contribution in [2.45, 2.75) is 20.3 Å². The molecule has 1 rings (SSSR count). The first-order chi connectivity index (χ1) is 7.03.